The number of carbonyl (C=O) groups excluding carboxylic acids is 1. The van der Waals surface area contributed by atoms with Crippen molar-refractivity contribution in [2.45, 2.75) is 39.5 Å². The zero-order valence-corrected chi connectivity index (χ0v) is 13.1. The lowest BCUT2D eigenvalue weighted by molar-refractivity contribution is 0.0949. The minimum Gasteiger partial charge on any atom is -0.384 e. The maximum absolute atomic E-state index is 12.2. The second-order valence-corrected chi connectivity index (χ2v) is 5.67. The Morgan fingerprint density at radius 1 is 1.50 bits per heavy atom. The lowest BCUT2D eigenvalue weighted by Crippen LogP contribution is -2.29. The Labute approximate surface area is 125 Å². The average molecular weight is 293 g/mol. The first-order valence-corrected chi connectivity index (χ1v) is 8.06. The Morgan fingerprint density at radius 3 is 2.95 bits per heavy atom. The van der Waals surface area contributed by atoms with Gasteiger partial charge in [-0.25, -0.2) is 0 Å². The van der Waals surface area contributed by atoms with Crippen molar-refractivity contribution in [3.63, 3.8) is 0 Å². The third kappa shape index (κ3) is 5.36. The van der Waals surface area contributed by atoms with Gasteiger partial charge in [0.1, 0.15) is 11.5 Å². The zero-order valence-electron chi connectivity index (χ0n) is 12.2. The fourth-order valence-corrected chi connectivity index (χ4v) is 2.74. The lowest BCUT2D eigenvalue weighted by atomic mass is 9.99. The van der Waals surface area contributed by atoms with Crippen LogP contribution in [0.2, 0.25) is 0 Å². The first kappa shape index (κ1) is 16.7. The zero-order chi connectivity index (χ0) is 14.8. The Balaban J connectivity index is 2.56. The average Bonchev–Trinajstić information content (AvgIpc) is 2.93. The van der Waals surface area contributed by atoms with Crippen LogP contribution in [0.4, 0.5) is 0 Å². The number of amides is 1. The van der Waals surface area contributed by atoms with E-state index in [0.29, 0.717) is 16.4 Å². The van der Waals surface area contributed by atoms with Crippen LogP contribution in [0.25, 0.3) is 0 Å². The largest absolute Gasteiger partial charge is 0.384 e. The molecule has 20 heavy (non-hydrogen) atoms. The first-order valence-electron chi connectivity index (χ1n) is 7.18. The van der Waals surface area contributed by atoms with E-state index in [4.69, 9.17) is 5.11 Å². The molecule has 0 aromatic carbocycles. The van der Waals surface area contributed by atoms with E-state index in [9.17, 15) is 4.79 Å². The van der Waals surface area contributed by atoms with Crippen molar-refractivity contribution in [3.8, 4) is 11.8 Å². The van der Waals surface area contributed by atoms with Crippen LogP contribution in [0.5, 0.6) is 0 Å². The Kier molecular flexibility index (Phi) is 8.01. The van der Waals surface area contributed by atoms with Gasteiger partial charge in [0.05, 0.1) is 0 Å². The monoisotopic (exact) mass is 293 g/mol. The molecule has 1 amide bonds. The molecule has 0 aliphatic carbocycles. The summed E-state index contributed by atoms with van der Waals surface area (Å²) in [7, 11) is 0. The van der Waals surface area contributed by atoms with Crippen molar-refractivity contribution >= 4 is 17.2 Å². The van der Waals surface area contributed by atoms with Gasteiger partial charge in [0.2, 0.25) is 0 Å². The number of nitrogens with one attached hydrogen (secondary N) is 1. The molecule has 0 aliphatic heterocycles. The standard InChI is InChI=1S/C16H23NO2S/c1-3-5-7-13(4-2)12-17-16(19)15-14(8-6-10-18)9-11-20-15/h9,11,13,18H,3-5,7,10,12H2,1-2H3,(H,17,19). The van der Waals surface area contributed by atoms with Crippen LogP contribution in [-0.4, -0.2) is 24.2 Å². The van der Waals surface area contributed by atoms with Crippen molar-refractivity contribution in [3.05, 3.63) is 21.9 Å². The third-order valence-electron chi connectivity index (χ3n) is 3.27. The summed E-state index contributed by atoms with van der Waals surface area (Å²) in [6.45, 7) is 4.88. The molecule has 1 rings (SSSR count). The van der Waals surface area contributed by atoms with Crippen molar-refractivity contribution in [1.29, 1.82) is 0 Å². The number of unbranched alkanes of at least 4 members (excludes halogenated alkanes) is 1. The minimum absolute atomic E-state index is 0.0582. The smallest absolute Gasteiger partial charge is 0.262 e. The van der Waals surface area contributed by atoms with E-state index in [0.717, 1.165) is 19.4 Å². The molecule has 1 heterocycles. The lowest BCUT2D eigenvalue weighted by Gasteiger charge is -2.14. The molecular weight excluding hydrogens is 270 g/mol. The van der Waals surface area contributed by atoms with Crippen LogP contribution in [0.1, 0.15) is 54.8 Å². The van der Waals surface area contributed by atoms with E-state index in [1.54, 1.807) is 0 Å². The fraction of sp³-hybridized carbons (Fsp3) is 0.562. The predicted molar refractivity (Wildman–Crippen MR) is 83.9 cm³/mol. The molecule has 1 unspecified atom stereocenters. The minimum atomic E-state index is -0.189. The van der Waals surface area contributed by atoms with Crippen LogP contribution in [0.3, 0.4) is 0 Å². The maximum atomic E-state index is 12.2. The molecule has 0 saturated carbocycles. The van der Waals surface area contributed by atoms with Gasteiger partial charge in [0, 0.05) is 12.1 Å². The molecule has 0 bridgehead atoms. The fourth-order valence-electron chi connectivity index (χ4n) is 1.98. The van der Waals surface area contributed by atoms with Gasteiger partial charge in [-0.15, -0.1) is 11.3 Å². The van der Waals surface area contributed by atoms with E-state index in [2.05, 4.69) is 31.0 Å². The molecule has 2 N–H and O–H groups in total. The van der Waals surface area contributed by atoms with Gasteiger partial charge in [-0.3, -0.25) is 4.79 Å². The van der Waals surface area contributed by atoms with E-state index in [-0.39, 0.29) is 12.5 Å². The topological polar surface area (TPSA) is 49.3 Å². The summed E-state index contributed by atoms with van der Waals surface area (Å²) in [5.74, 6) is 5.88. The number of aliphatic hydroxyl groups is 1. The molecule has 1 aromatic heterocycles. The quantitative estimate of drug-likeness (QED) is 0.759. The van der Waals surface area contributed by atoms with Crippen LogP contribution in [0.15, 0.2) is 11.4 Å². The summed E-state index contributed by atoms with van der Waals surface area (Å²) in [6.07, 6.45) is 4.65. The Hall–Kier alpha value is -1.31. The normalized spacial score (nSPS) is 11.6. The molecule has 3 nitrogen and oxygen atoms in total. The van der Waals surface area contributed by atoms with E-state index < -0.39 is 0 Å². The number of thiophene rings is 1. The summed E-state index contributed by atoms with van der Waals surface area (Å²) >= 11 is 1.39. The first-order chi connectivity index (χ1) is 9.72. The van der Waals surface area contributed by atoms with Crippen LogP contribution >= 0.6 is 11.3 Å². The highest BCUT2D eigenvalue weighted by Gasteiger charge is 2.13. The molecule has 0 spiro atoms. The van der Waals surface area contributed by atoms with Crippen molar-refractivity contribution < 1.29 is 9.90 Å². The van der Waals surface area contributed by atoms with E-state index in [1.807, 2.05) is 11.4 Å². The predicted octanol–water partition coefficient (Wildman–Crippen LogP) is 3.04. The highest BCUT2D eigenvalue weighted by atomic mass is 32.1. The molecule has 110 valence electrons. The summed E-state index contributed by atoms with van der Waals surface area (Å²) < 4.78 is 0. The highest BCUT2D eigenvalue weighted by molar-refractivity contribution is 7.12. The number of hydrogen-bond donors (Lipinski definition) is 2. The summed E-state index contributed by atoms with van der Waals surface area (Å²) in [5.41, 5.74) is 0.697. The van der Waals surface area contributed by atoms with Gasteiger partial charge in [-0.2, -0.15) is 0 Å². The molecule has 0 aliphatic rings. The van der Waals surface area contributed by atoms with Crippen molar-refractivity contribution in [2.24, 2.45) is 5.92 Å². The van der Waals surface area contributed by atoms with Crippen molar-refractivity contribution in [1.82, 2.24) is 5.32 Å². The highest BCUT2D eigenvalue weighted by Crippen LogP contribution is 2.16. The number of carbonyl (C=O) groups is 1. The number of aliphatic hydroxyl groups excluding tert-OH is 1. The second kappa shape index (κ2) is 9.57. The van der Waals surface area contributed by atoms with Gasteiger partial charge in [0.25, 0.3) is 5.91 Å². The van der Waals surface area contributed by atoms with Gasteiger partial charge in [0.15, 0.2) is 0 Å². The second-order valence-electron chi connectivity index (χ2n) is 4.75. The van der Waals surface area contributed by atoms with Crippen LogP contribution < -0.4 is 5.32 Å². The molecule has 0 saturated heterocycles. The Morgan fingerprint density at radius 2 is 2.30 bits per heavy atom. The SMILES string of the molecule is CCCCC(CC)CNC(=O)c1sccc1C#CCO. The molecule has 1 atom stereocenters. The number of rotatable bonds is 7. The van der Waals surface area contributed by atoms with Crippen LogP contribution in [-0.2, 0) is 0 Å². The molecule has 1 aromatic rings. The van der Waals surface area contributed by atoms with Crippen LogP contribution in [0, 0.1) is 17.8 Å². The molecular formula is C16H23NO2S. The summed E-state index contributed by atoms with van der Waals surface area (Å²) in [6, 6.07) is 1.82. The maximum Gasteiger partial charge on any atom is 0.262 e. The van der Waals surface area contributed by atoms with Gasteiger partial charge in [-0.1, -0.05) is 45.0 Å². The third-order valence-corrected chi connectivity index (χ3v) is 4.18. The summed E-state index contributed by atoms with van der Waals surface area (Å²) in [5, 5.41) is 13.6. The van der Waals surface area contributed by atoms with Gasteiger partial charge >= 0.3 is 0 Å². The van der Waals surface area contributed by atoms with Crippen molar-refractivity contribution in [2.75, 3.05) is 13.2 Å². The van der Waals surface area contributed by atoms with Gasteiger partial charge < -0.3 is 10.4 Å². The molecule has 0 fully saturated rings. The summed E-state index contributed by atoms with van der Waals surface area (Å²) in [4.78, 5) is 12.8. The van der Waals surface area contributed by atoms with E-state index >= 15 is 0 Å². The molecule has 0 radical (unpaired) electrons. The Bertz CT molecular complexity index is 470. The van der Waals surface area contributed by atoms with E-state index in [1.165, 1.54) is 24.2 Å². The molecule has 4 heteroatoms. The van der Waals surface area contributed by atoms with Gasteiger partial charge in [-0.05, 0) is 23.8 Å². The number of hydrogen-bond acceptors (Lipinski definition) is 3.